The maximum Gasteiger partial charge on any atom is 0.0231 e. The van der Waals surface area contributed by atoms with Gasteiger partial charge in [0.05, 0.1) is 0 Å². The van der Waals surface area contributed by atoms with Crippen molar-refractivity contribution in [3.8, 4) is 0 Å². The van der Waals surface area contributed by atoms with Crippen LogP contribution in [0.15, 0.2) is 61.2 Å². The Hall–Kier alpha value is -0.290. The van der Waals surface area contributed by atoms with Crippen LogP contribution < -0.4 is 5.32 Å². The number of hydrogen-bond donors (Lipinski definition) is 1. The van der Waals surface area contributed by atoms with Crippen molar-refractivity contribution < 1.29 is 0 Å². The average molecular weight is 415 g/mol. The van der Waals surface area contributed by atoms with E-state index in [1.54, 1.807) is 11.8 Å². The van der Waals surface area contributed by atoms with Crippen molar-refractivity contribution in [2.75, 3.05) is 6.54 Å². The molecule has 0 amide bonds. The summed E-state index contributed by atoms with van der Waals surface area (Å²) >= 11 is 8.90. The molecular formula is C16H17Br2NS. The molecule has 0 bridgehead atoms. The first kappa shape index (κ1) is 16.1. The van der Waals surface area contributed by atoms with Gasteiger partial charge >= 0.3 is 0 Å². The smallest absolute Gasteiger partial charge is 0.0231 e. The van der Waals surface area contributed by atoms with Crippen molar-refractivity contribution in [3.05, 3.63) is 57.0 Å². The number of benzene rings is 2. The highest BCUT2D eigenvalue weighted by Gasteiger charge is 2.03. The molecule has 0 atom stereocenters. The highest BCUT2D eigenvalue weighted by molar-refractivity contribution is 9.10. The number of halogens is 2. The lowest BCUT2D eigenvalue weighted by Crippen LogP contribution is -2.14. The summed E-state index contributed by atoms with van der Waals surface area (Å²) in [5.74, 6) is 0. The molecule has 1 nitrogen and oxygen atoms in total. The lowest BCUT2D eigenvalue weighted by Gasteiger charge is -2.08. The maximum atomic E-state index is 3.66. The minimum absolute atomic E-state index is 0.914. The van der Waals surface area contributed by atoms with Crippen molar-refractivity contribution in [1.29, 1.82) is 0 Å². The molecule has 2 aromatic rings. The van der Waals surface area contributed by atoms with E-state index in [1.807, 2.05) is 0 Å². The van der Waals surface area contributed by atoms with E-state index >= 15 is 0 Å². The Kier molecular flexibility index (Phi) is 6.62. The molecule has 1 N–H and O–H groups in total. The van der Waals surface area contributed by atoms with Gasteiger partial charge in [0.1, 0.15) is 0 Å². The van der Waals surface area contributed by atoms with Gasteiger partial charge in [0.25, 0.3) is 0 Å². The molecule has 0 radical (unpaired) electrons. The van der Waals surface area contributed by atoms with Gasteiger partial charge in [-0.15, -0.1) is 0 Å². The van der Waals surface area contributed by atoms with Crippen LogP contribution in [0.2, 0.25) is 0 Å². The van der Waals surface area contributed by atoms with Crippen LogP contribution in [0.3, 0.4) is 0 Å². The van der Waals surface area contributed by atoms with Crippen LogP contribution in [0.4, 0.5) is 0 Å². The second kappa shape index (κ2) is 8.23. The lowest BCUT2D eigenvalue weighted by atomic mass is 10.2. The summed E-state index contributed by atoms with van der Waals surface area (Å²) < 4.78 is 2.28. The first-order valence-electron chi connectivity index (χ1n) is 6.61. The molecule has 0 saturated carbocycles. The Labute approximate surface area is 141 Å². The third-order valence-electron chi connectivity index (χ3n) is 2.82. The van der Waals surface area contributed by atoms with Gasteiger partial charge in [-0.1, -0.05) is 56.6 Å². The van der Waals surface area contributed by atoms with Gasteiger partial charge in [0, 0.05) is 25.3 Å². The number of rotatable bonds is 6. The fourth-order valence-electron chi connectivity index (χ4n) is 1.77. The highest BCUT2D eigenvalue weighted by Crippen LogP contribution is 2.31. The maximum absolute atomic E-state index is 3.66. The molecule has 0 aliphatic carbocycles. The molecule has 4 heteroatoms. The van der Waals surface area contributed by atoms with Crippen molar-refractivity contribution >= 4 is 43.6 Å². The third-order valence-corrected chi connectivity index (χ3v) is 5.08. The predicted octanol–water partition coefficient (Wildman–Crippen LogP) is 5.86. The van der Waals surface area contributed by atoms with Gasteiger partial charge in [-0.2, -0.15) is 0 Å². The van der Waals surface area contributed by atoms with E-state index in [0.29, 0.717) is 0 Å². The van der Waals surface area contributed by atoms with Gasteiger partial charge in [0.15, 0.2) is 0 Å². The van der Waals surface area contributed by atoms with E-state index in [4.69, 9.17) is 0 Å². The molecular weight excluding hydrogens is 398 g/mol. The van der Waals surface area contributed by atoms with E-state index in [1.165, 1.54) is 19.8 Å². The SMILES string of the molecule is CCCNCc1ccc(Sc2ccc(Br)cc2)cc1Br. The van der Waals surface area contributed by atoms with Crippen molar-refractivity contribution in [2.45, 2.75) is 29.7 Å². The van der Waals surface area contributed by atoms with E-state index in [0.717, 1.165) is 24.0 Å². The van der Waals surface area contributed by atoms with Gasteiger partial charge in [-0.05, 0) is 54.9 Å². The lowest BCUT2D eigenvalue weighted by molar-refractivity contribution is 0.673. The largest absolute Gasteiger partial charge is 0.313 e. The molecule has 0 saturated heterocycles. The molecule has 0 spiro atoms. The molecule has 2 aromatic carbocycles. The van der Waals surface area contributed by atoms with E-state index < -0.39 is 0 Å². The van der Waals surface area contributed by atoms with Gasteiger partial charge in [-0.25, -0.2) is 0 Å². The molecule has 0 aliphatic rings. The van der Waals surface area contributed by atoms with Gasteiger partial charge in [0.2, 0.25) is 0 Å². The Bertz CT molecular complexity index is 555. The molecule has 2 rings (SSSR count). The van der Waals surface area contributed by atoms with E-state index in [2.05, 4.69) is 86.6 Å². The standard InChI is InChI=1S/C16H17Br2NS/c1-2-9-19-11-12-3-6-15(10-16(12)18)20-14-7-4-13(17)5-8-14/h3-8,10,19H,2,9,11H2,1H3. The summed E-state index contributed by atoms with van der Waals surface area (Å²) in [4.78, 5) is 2.50. The Morgan fingerprint density at radius 2 is 1.70 bits per heavy atom. The zero-order chi connectivity index (χ0) is 14.4. The van der Waals surface area contributed by atoms with Crippen molar-refractivity contribution in [1.82, 2.24) is 5.32 Å². The fourth-order valence-corrected chi connectivity index (χ4v) is 3.57. The molecule has 0 fully saturated rings. The summed E-state index contributed by atoms with van der Waals surface area (Å²) in [5.41, 5.74) is 1.30. The number of hydrogen-bond acceptors (Lipinski definition) is 2. The molecule has 20 heavy (non-hydrogen) atoms. The summed E-state index contributed by atoms with van der Waals surface area (Å²) in [6.07, 6.45) is 1.16. The van der Waals surface area contributed by atoms with Crippen LogP contribution in [-0.2, 0) is 6.54 Å². The zero-order valence-corrected chi connectivity index (χ0v) is 15.3. The molecule has 106 valence electrons. The minimum Gasteiger partial charge on any atom is -0.313 e. The third kappa shape index (κ3) is 4.92. The van der Waals surface area contributed by atoms with Crippen LogP contribution >= 0.6 is 43.6 Å². The molecule has 0 aliphatic heterocycles. The number of nitrogens with one attached hydrogen (secondary N) is 1. The fraction of sp³-hybridized carbons (Fsp3) is 0.250. The van der Waals surface area contributed by atoms with Crippen LogP contribution in [0, 0.1) is 0 Å². The second-order valence-corrected chi connectivity index (χ2v) is 7.40. The monoisotopic (exact) mass is 413 g/mol. The van der Waals surface area contributed by atoms with Crippen LogP contribution in [0.5, 0.6) is 0 Å². The van der Waals surface area contributed by atoms with Crippen LogP contribution in [0.1, 0.15) is 18.9 Å². The second-order valence-electron chi connectivity index (χ2n) is 4.49. The van der Waals surface area contributed by atoms with Crippen LogP contribution in [0.25, 0.3) is 0 Å². The Morgan fingerprint density at radius 1 is 1.00 bits per heavy atom. The molecule has 0 heterocycles. The first-order valence-corrected chi connectivity index (χ1v) is 9.02. The summed E-state index contributed by atoms with van der Waals surface area (Å²) in [6.45, 7) is 4.15. The highest BCUT2D eigenvalue weighted by atomic mass is 79.9. The molecule has 0 aromatic heterocycles. The van der Waals surface area contributed by atoms with Gasteiger partial charge in [-0.3, -0.25) is 0 Å². The van der Waals surface area contributed by atoms with E-state index in [9.17, 15) is 0 Å². The summed E-state index contributed by atoms with van der Waals surface area (Å²) in [6, 6.07) is 14.9. The topological polar surface area (TPSA) is 12.0 Å². The zero-order valence-electron chi connectivity index (χ0n) is 11.3. The Balaban J connectivity index is 2.03. The van der Waals surface area contributed by atoms with Gasteiger partial charge < -0.3 is 5.32 Å². The average Bonchev–Trinajstić information content (AvgIpc) is 2.44. The molecule has 0 unspecified atom stereocenters. The minimum atomic E-state index is 0.914. The van der Waals surface area contributed by atoms with Crippen molar-refractivity contribution in [3.63, 3.8) is 0 Å². The van der Waals surface area contributed by atoms with Crippen LogP contribution in [-0.4, -0.2) is 6.54 Å². The summed E-state index contributed by atoms with van der Waals surface area (Å²) in [7, 11) is 0. The predicted molar refractivity (Wildman–Crippen MR) is 94.4 cm³/mol. The summed E-state index contributed by atoms with van der Waals surface area (Å²) in [5, 5.41) is 3.43. The van der Waals surface area contributed by atoms with E-state index in [-0.39, 0.29) is 0 Å². The first-order chi connectivity index (χ1) is 9.69. The normalized spacial score (nSPS) is 10.8. The van der Waals surface area contributed by atoms with Crippen molar-refractivity contribution in [2.24, 2.45) is 0 Å². The Morgan fingerprint density at radius 3 is 2.35 bits per heavy atom. The quantitative estimate of drug-likeness (QED) is 0.593.